The standard InChI is InChI=1S/C22H14Br2N2O2/c1-25-19-11-21(27-17-7-3-15(13-23)4-8-17)22(12-20(19)26-2)28-18-9-5-16(14-24)6-10-18/h3-12H,13-14H2. The van der Waals surface area contributed by atoms with Crippen LogP contribution in [0.1, 0.15) is 11.1 Å². The Morgan fingerprint density at radius 3 is 1.29 bits per heavy atom. The Labute approximate surface area is 180 Å². The fraction of sp³-hybridized carbons (Fsp3) is 0.0909. The molecule has 0 aromatic heterocycles. The molecule has 0 saturated carbocycles. The Bertz CT molecular complexity index is 964. The fourth-order valence-corrected chi connectivity index (χ4v) is 3.17. The normalized spacial score (nSPS) is 10.0. The molecule has 0 unspecified atom stereocenters. The molecule has 138 valence electrons. The number of benzene rings is 3. The summed E-state index contributed by atoms with van der Waals surface area (Å²) < 4.78 is 11.9. The first kappa shape index (κ1) is 19.9. The van der Waals surface area contributed by atoms with E-state index in [4.69, 9.17) is 22.6 Å². The molecular formula is C22H14Br2N2O2. The first-order valence-corrected chi connectivity index (χ1v) is 10.5. The van der Waals surface area contributed by atoms with Crippen LogP contribution in [-0.2, 0) is 10.7 Å². The number of ether oxygens (including phenoxy) is 2. The van der Waals surface area contributed by atoms with Gasteiger partial charge in [0.05, 0.1) is 13.1 Å². The van der Waals surface area contributed by atoms with Crippen LogP contribution in [0.3, 0.4) is 0 Å². The van der Waals surface area contributed by atoms with Crippen LogP contribution in [0.15, 0.2) is 60.7 Å². The van der Waals surface area contributed by atoms with Crippen LogP contribution in [0, 0.1) is 13.1 Å². The number of nitrogens with zero attached hydrogens (tertiary/aromatic N) is 2. The molecule has 0 radical (unpaired) electrons. The molecule has 28 heavy (non-hydrogen) atoms. The van der Waals surface area contributed by atoms with E-state index in [9.17, 15) is 0 Å². The third-order valence-corrected chi connectivity index (χ3v) is 5.19. The van der Waals surface area contributed by atoms with E-state index >= 15 is 0 Å². The third kappa shape index (κ3) is 4.72. The number of hydrogen-bond acceptors (Lipinski definition) is 2. The third-order valence-electron chi connectivity index (χ3n) is 3.89. The molecule has 0 aliphatic rings. The molecule has 3 aromatic carbocycles. The number of rotatable bonds is 6. The number of halogens is 2. The average Bonchev–Trinajstić information content (AvgIpc) is 2.75. The molecule has 0 aliphatic heterocycles. The van der Waals surface area contributed by atoms with E-state index in [1.165, 1.54) is 0 Å². The predicted octanol–water partition coefficient (Wildman–Crippen LogP) is 8.16. The summed E-state index contributed by atoms with van der Waals surface area (Å²) in [7, 11) is 0. The molecule has 3 rings (SSSR count). The summed E-state index contributed by atoms with van der Waals surface area (Å²) in [5.41, 5.74) is 2.70. The Hall–Kier alpha value is -2.80. The van der Waals surface area contributed by atoms with Crippen molar-refractivity contribution in [3.05, 3.63) is 94.6 Å². The van der Waals surface area contributed by atoms with Crippen molar-refractivity contribution in [3.63, 3.8) is 0 Å². The van der Waals surface area contributed by atoms with Gasteiger partial charge in [0.1, 0.15) is 11.5 Å². The van der Waals surface area contributed by atoms with Crippen LogP contribution in [0.25, 0.3) is 9.69 Å². The minimum Gasteiger partial charge on any atom is -0.455 e. The zero-order valence-electron chi connectivity index (χ0n) is 14.7. The molecular weight excluding hydrogens is 484 g/mol. The van der Waals surface area contributed by atoms with E-state index in [1.807, 2.05) is 48.5 Å². The van der Waals surface area contributed by atoms with Gasteiger partial charge in [0.15, 0.2) is 22.9 Å². The molecule has 0 fully saturated rings. The molecule has 0 spiro atoms. The maximum absolute atomic E-state index is 7.33. The van der Waals surface area contributed by atoms with Crippen LogP contribution in [0.5, 0.6) is 23.0 Å². The van der Waals surface area contributed by atoms with Gasteiger partial charge < -0.3 is 9.47 Å². The van der Waals surface area contributed by atoms with E-state index in [1.54, 1.807) is 12.1 Å². The van der Waals surface area contributed by atoms with Crippen molar-refractivity contribution in [2.24, 2.45) is 0 Å². The highest BCUT2D eigenvalue weighted by Crippen LogP contribution is 2.43. The van der Waals surface area contributed by atoms with Crippen LogP contribution in [-0.4, -0.2) is 0 Å². The van der Waals surface area contributed by atoms with Gasteiger partial charge in [0.2, 0.25) is 0 Å². The largest absolute Gasteiger partial charge is 0.455 e. The summed E-state index contributed by atoms with van der Waals surface area (Å²) in [6.07, 6.45) is 0. The first-order valence-electron chi connectivity index (χ1n) is 8.25. The minimum atomic E-state index is 0.226. The lowest BCUT2D eigenvalue weighted by molar-refractivity contribution is 0.419. The molecule has 0 heterocycles. The van der Waals surface area contributed by atoms with Crippen molar-refractivity contribution >= 4 is 43.2 Å². The summed E-state index contributed by atoms with van der Waals surface area (Å²) in [6.45, 7) is 14.7. The Kier molecular flexibility index (Phi) is 6.71. The smallest absolute Gasteiger partial charge is 0.198 e. The first-order chi connectivity index (χ1) is 13.7. The van der Waals surface area contributed by atoms with E-state index in [-0.39, 0.29) is 11.4 Å². The van der Waals surface area contributed by atoms with Gasteiger partial charge in [-0.2, -0.15) is 0 Å². The summed E-state index contributed by atoms with van der Waals surface area (Å²) in [4.78, 5) is 6.86. The fourth-order valence-electron chi connectivity index (χ4n) is 2.42. The van der Waals surface area contributed by atoms with E-state index in [2.05, 4.69) is 41.5 Å². The molecule has 0 aliphatic carbocycles. The molecule has 4 nitrogen and oxygen atoms in total. The summed E-state index contributed by atoms with van der Waals surface area (Å²) in [5, 5.41) is 1.52. The van der Waals surface area contributed by atoms with Crippen LogP contribution in [0.2, 0.25) is 0 Å². The molecule has 0 amide bonds. The lowest BCUT2D eigenvalue weighted by Crippen LogP contribution is -1.91. The zero-order valence-corrected chi connectivity index (χ0v) is 17.8. The molecule has 0 N–H and O–H groups in total. The second kappa shape index (κ2) is 9.41. The lowest BCUT2D eigenvalue weighted by Gasteiger charge is -2.14. The average molecular weight is 498 g/mol. The van der Waals surface area contributed by atoms with Gasteiger partial charge in [-0.15, -0.1) is 0 Å². The van der Waals surface area contributed by atoms with Crippen molar-refractivity contribution in [3.8, 4) is 23.0 Å². The van der Waals surface area contributed by atoms with E-state index < -0.39 is 0 Å². The Morgan fingerprint density at radius 2 is 1.00 bits per heavy atom. The summed E-state index contributed by atoms with van der Waals surface area (Å²) in [5.74, 6) is 2.01. The number of hydrogen-bond donors (Lipinski definition) is 0. The van der Waals surface area contributed by atoms with Crippen molar-refractivity contribution in [2.45, 2.75) is 10.7 Å². The Balaban J connectivity index is 1.98. The highest BCUT2D eigenvalue weighted by Gasteiger charge is 2.14. The SMILES string of the molecule is [C-]#[N+]c1cc(Oc2ccc(CBr)cc2)c(Oc2ccc(CBr)cc2)cc1[N+]#[C-]. The monoisotopic (exact) mass is 496 g/mol. The van der Waals surface area contributed by atoms with Gasteiger partial charge in [-0.3, -0.25) is 0 Å². The predicted molar refractivity (Wildman–Crippen MR) is 117 cm³/mol. The van der Waals surface area contributed by atoms with Gasteiger partial charge in [0, 0.05) is 10.7 Å². The van der Waals surface area contributed by atoms with Crippen molar-refractivity contribution < 1.29 is 9.47 Å². The highest BCUT2D eigenvalue weighted by molar-refractivity contribution is 9.08. The molecule has 6 heteroatoms. The van der Waals surface area contributed by atoms with Gasteiger partial charge >= 0.3 is 0 Å². The maximum atomic E-state index is 7.33. The van der Waals surface area contributed by atoms with E-state index in [0.717, 1.165) is 21.8 Å². The topological polar surface area (TPSA) is 27.2 Å². The summed E-state index contributed by atoms with van der Waals surface area (Å²) >= 11 is 6.83. The minimum absolute atomic E-state index is 0.226. The second-order valence-electron chi connectivity index (χ2n) is 5.77. The van der Waals surface area contributed by atoms with Gasteiger partial charge in [-0.25, -0.2) is 9.69 Å². The van der Waals surface area contributed by atoms with Crippen LogP contribution >= 0.6 is 31.9 Å². The summed E-state index contributed by atoms with van der Waals surface area (Å²) in [6, 6.07) is 18.3. The van der Waals surface area contributed by atoms with Gasteiger partial charge in [-0.05, 0) is 47.5 Å². The highest BCUT2D eigenvalue weighted by atomic mass is 79.9. The van der Waals surface area contributed by atoms with Crippen molar-refractivity contribution in [2.75, 3.05) is 0 Å². The molecule has 0 bridgehead atoms. The van der Waals surface area contributed by atoms with Gasteiger partial charge in [-0.1, -0.05) is 56.1 Å². The molecule has 3 aromatic rings. The molecule has 0 atom stereocenters. The van der Waals surface area contributed by atoms with E-state index in [0.29, 0.717) is 23.0 Å². The number of alkyl halides is 2. The maximum Gasteiger partial charge on any atom is 0.198 e. The quantitative estimate of drug-likeness (QED) is 0.253. The van der Waals surface area contributed by atoms with Gasteiger partial charge in [0.25, 0.3) is 0 Å². The lowest BCUT2D eigenvalue weighted by atomic mass is 10.2. The molecule has 0 saturated heterocycles. The second-order valence-corrected chi connectivity index (χ2v) is 6.89. The van der Waals surface area contributed by atoms with Crippen molar-refractivity contribution in [1.82, 2.24) is 0 Å². The zero-order chi connectivity index (χ0) is 19.9. The van der Waals surface area contributed by atoms with Crippen molar-refractivity contribution in [1.29, 1.82) is 0 Å². The Morgan fingerprint density at radius 1 is 0.643 bits per heavy atom. The van der Waals surface area contributed by atoms with Crippen LogP contribution in [0.4, 0.5) is 11.4 Å². The van der Waals surface area contributed by atoms with Crippen LogP contribution < -0.4 is 9.47 Å².